The predicted octanol–water partition coefficient (Wildman–Crippen LogP) is 1.35. The first-order valence-electron chi connectivity index (χ1n) is 6.43. The Labute approximate surface area is 121 Å². The highest BCUT2D eigenvalue weighted by Crippen LogP contribution is 2.22. The standard InChI is InChI=1S/C13H18FN3O4/c1-8(2)16-11(13(15)18)5-6-21-9-3-4-12(17(19)20)10(14)7-9/h3-4,7-8,11,16H,5-6H2,1-2H3,(H2,15,18). The van der Waals surface area contributed by atoms with Crippen LogP contribution in [0.4, 0.5) is 10.1 Å². The molecule has 21 heavy (non-hydrogen) atoms. The van der Waals surface area contributed by atoms with E-state index in [4.69, 9.17) is 10.5 Å². The molecule has 116 valence electrons. The van der Waals surface area contributed by atoms with Crippen LogP contribution in [0.25, 0.3) is 0 Å². The second-order valence-electron chi connectivity index (χ2n) is 4.78. The van der Waals surface area contributed by atoms with E-state index in [0.29, 0.717) is 6.42 Å². The topological polar surface area (TPSA) is 107 Å². The van der Waals surface area contributed by atoms with Crippen molar-refractivity contribution < 1.29 is 18.8 Å². The Kier molecular flexibility index (Phi) is 6.04. The first-order chi connectivity index (χ1) is 9.81. The average Bonchev–Trinajstić information content (AvgIpc) is 2.36. The van der Waals surface area contributed by atoms with Gasteiger partial charge < -0.3 is 15.8 Å². The van der Waals surface area contributed by atoms with Crippen molar-refractivity contribution in [1.82, 2.24) is 5.32 Å². The van der Waals surface area contributed by atoms with Crippen LogP contribution in [0.5, 0.6) is 5.75 Å². The number of halogens is 1. The van der Waals surface area contributed by atoms with Gasteiger partial charge in [-0.25, -0.2) is 0 Å². The number of hydrogen-bond acceptors (Lipinski definition) is 5. The van der Waals surface area contributed by atoms with Crippen LogP contribution >= 0.6 is 0 Å². The molecule has 0 aromatic heterocycles. The van der Waals surface area contributed by atoms with Crippen molar-refractivity contribution in [3.8, 4) is 5.75 Å². The molecular formula is C13H18FN3O4. The van der Waals surface area contributed by atoms with Crippen LogP contribution in [0.2, 0.25) is 0 Å². The van der Waals surface area contributed by atoms with E-state index >= 15 is 0 Å². The van der Waals surface area contributed by atoms with Gasteiger partial charge in [-0.1, -0.05) is 13.8 Å². The van der Waals surface area contributed by atoms with Gasteiger partial charge in [0, 0.05) is 24.6 Å². The lowest BCUT2D eigenvalue weighted by atomic mass is 10.2. The fourth-order valence-electron chi connectivity index (χ4n) is 1.73. The second kappa shape index (κ2) is 7.53. The Morgan fingerprint density at radius 2 is 2.19 bits per heavy atom. The molecule has 1 amide bonds. The second-order valence-corrected chi connectivity index (χ2v) is 4.78. The number of nitrogens with zero attached hydrogens (tertiary/aromatic N) is 1. The number of rotatable bonds is 8. The molecule has 3 N–H and O–H groups in total. The molecule has 1 rings (SSSR count). The molecule has 0 bridgehead atoms. The lowest BCUT2D eigenvalue weighted by Gasteiger charge is -2.18. The van der Waals surface area contributed by atoms with Crippen molar-refractivity contribution >= 4 is 11.6 Å². The average molecular weight is 299 g/mol. The highest BCUT2D eigenvalue weighted by molar-refractivity contribution is 5.79. The molecule has 0 spiro atoms. The third-order valence-corrected chi connectivity index (χ3v) is 2.67. The van der Waals surface area contributed by atoms with E-state index in [1.165, 1.54) is 6.07 Å². The largest absolute Gasteiger partial charge is 0.493 e. The van der Waals surface area contributed by atoms with Gasteiger partial charge in [0.1, 0.15) is 5.75 Å². The number of carbonyl (C=O) groups is 1. The smallest absolute Gasteiger partial charge is 0.305 e. The highest BCUT2D eigenvalue weighted by atomic mass is 19.1. The number of nitrogens with two attached hydrogens (primary N) is 1. The quantitative estimate of drug-likeness (QED) is 0.556. The molecule has 0 heterocycles. The molecule has 0 aliphatic carbocycles. The molecule has 0 aliphatic heterocycles. The molecule has 1 unspecified atom stereocenters. The SMILES string of the molecule is CC(C)NC(CCOc1ccc([N+](=O)[O-])c(F)c1)C(N)=O. The summed E-state index contributed by atoms with van der Waals surface area (Å²) in [5.74, 6) is -1.31. The number of hydrogen-bond donors (Lipinski definition) is 2. The van der Waals surface area contributed by atoms with Crippen molar-refractivity contribution in [2.75, 3.05) is 6.61 Å². The van der Waals surface area contributed by atoms with Gasteiger partial charge in [0.05, 0.1) is 17.6 Å². The van der Waals surface area contributed by atoms with Crippen molar-refractivity contribution in [2.24, 2.45) is 5.73 Å². The number of amides is 1. The van der Waals surface area contributed by atoms with E-state index in [1.807, 2.05) is 13.8 Å². The van der Waals surface area contributed by atoms with Crippen LogP contribution in [0.3, 0.4) is 0 Å². The molecular weight excluding hydrogens is 281 g/mol. The third kappa shape index (κ3) is 5.35. The molecule has 8 heteroatoms. The number of benzene rings is 1. The number of nitro benzene ring substituents is 1. The van der Waals surface area contributed by atoms with Crippen LogP contribution < -0.4 is 15.8 Å². The van der Waals surface area contributed by atoms with Crippen LogP contribution in [-0.2, 0) is 4.79 Å². The van der Waals surface area contributed by atoms with E-state index in [-0.39, 0.29) is 18.4 Å². The maximum Gasteiger partial charge on any atom is 0.305 e. The zero-order valence-corrected chi connectivity index (χ0v) is 11.8. The van der Waals surface area contributed by atoms with E-state index in [9.17, 15) is 19.3 Å². The summed E-state index contributed by atoms with van der Waals surface area (Å²) in [5, 5.41) is 13.5. The van der Waals surface area contributed by atoms with Crippen LogP contribution in [0.1, 0.15) is 20.3 Å². The molecule has 0 saturated heterocycles. The summed E-state index contributed by atoms with van der Waals surface area (Å²) in [6.07, 6.45) is 0.312. The lowest BCUT2D eigenvalue weighted by Crippen LogP contribution is -2.45. The summed E-state index contributed by atoms with van der Waals surface area (Å²) in [5.41, 5.74) is 4.64. The maximum atomic E-state index is 13.4. The first-order valence-corrected chi connectivity index (χ1v) is 6.43. The predicted molar refractivity (Wildman–Crippen MR) is 74.4 cm³/mol. The van der Waals surface area contributed by atoms with Crippen molar-refractivity contribution in [3.05, 3.63) is 34.1 Å². The molecule has 1 atom stereocenters. The van der Waals surface area contributed by atoms with Gasteiger partial charge >= 0.3 is 5.69 Å². The summed E-state index contributed by atoms with van der Waals surface area (Å²) in [4.78, 5) is 20.9. The molecule has 1 aromatic carbocycles. The molecule has 1 aromatic rings. The van der Waals surface area contributed by atoms with Crippen LogP contribution in [0.15, 0.2) is 18.2 Å². The molecule has 0 saturated carbocycles. The number of carbonyl (C=O) groups excluding carboxylic acids is 1. The normalized spacial score (nSPS) is 12.2. The Bertz CT molecular complexity index is 522. The van der Waals surface area contributed by atoms with Gasteiger partial charge in [-0.2, -0.15) is 4.39 Å². The maximum absolute atomic E-state index is 13.4. The van der Waals surface area contributed by atoms with Crippen LogP contribution in [0, 0.1) is 15.9 Å². The fourth-order valence-corrected chi connectivity index (χ4v) is 1.73. The summed E-state index contributed by atoms with van der Waals surface area (Å²) in [6.45, 7) is 3.88. The van der Waals surface area contributed by atoms with Gasteiger partial charge in [0.25, 0.3) is 0 Å². The first kappa shape index (κ1) is 16.8. The summed E-state index contributed by atoms with van der Waals surface area (Å²) < 4.78 is 18.7. The van der Waals surface area contributed by atoms with Gasteiger partial charge in [-0.05, 0) is 6.07 Å². The molecule has 7 nitrogen and oxygen atoms in total. The Hall–Kier alpha value is -2.22. The lowest BCUT2D eigenvalue weighted by molar-refractivity contribution is -0.387. The zero-order chi connectivity index (χ0) is 16.0. The van der Waals surface area contributed by atoms with Crippen LogP contribution in [-0.4, -0.2) is 29.5 Å². The third-order valence-electron chi connectivity index (χ3n) is 2.67. The number of primary amides is 1. The Balaban J connectivity index is 2.57. The molecule has 0 fully saturated rings. The van der Waals surface area contributed by atoms with Gasteiger partial charge in [-0.3, -0.25) is 14.9 Å². The molecule has 0 radical (unpaired) electrons. The highest BCUT2D eigenvalue weighted by Gasteiger charge is 2.17. The minimum atomic E-state index is -0.968. The minimum absolute atomic E-state index is 0.0827. The van der Waals surface area contributed by atoms with Crippen molar-refractivity contribution in [1.29, 1.82) is 0 Å². The summed E-state index contributed by atoms with van der Waals surface area (Å²) >= 11 is 0. The van der Waals surface area contributed by atoms with E-state index in [0.717, 1.165) is 12.1 Å². The fraction of sp³-hybridized carbons (Fsp3) is 0.462. The van der Waals surface area contributed by atoms with Gasteiger partial charge in [-0.15, -0.1) is 0 Å². The van der Waals surface area contributed by atoms with E-state index in [1.54, 1.807) is 0 Å². The summed E-state index contributed by atoms with van der Waals surface area (Å²) in [6, 6.07) is 2.80. The summed E-state index contributed by atoms with van der Waals surface area (Å²) in [7, 11) is 0. The molecule has 0 aliphatic rings. The van der Waals surface area contributed by atoms with Crippen molar-refractivity contribution in [2.45, 2.75) is 32.4 Å². The monoisotopic (exact) mass is 299 g/mol. The van der Waals surface area contributed by atoms with E-state index < -0.39 is 28.4 Å². The number of nitrogens with one attached hydrogen (secondary N) is 1. The zero-order valence-electron chi connectivity index (χ0n) is 11.8. The number of nitro groups is 1. The van der Waals surface area contributed by atoms with E-state index in [2.05, 4.69) is 5.32 Å². The Morgan fingerprint density at radius 1 is 1.52 bits per heavy atom. The van der Waals surface area contributed by atoms with Gasteiger partial charge in [0.15, 0.2) is 0 Å². The van der Waals surface area contributed by atoms with Crippen molar-refractivity contribution in [3.63, 3.8) is 0 Å². The Morgan fingerprint density at radius 3 is 2.67 bits per heavy atom. The minimum Gasteiger partial charge on any atom is -0.493 e. The van der Waals surface area contributed by atoms with Gasteiger partial charge in [0.2, 0.25) is 11.7 Å². The number of ether oxygens (including phenoxy) is 1.